The largest absolute Gasteiger partial charge is 0.351 e. The number of nitrogens with one attached hydrogen (secondary N) is 2. The van der Waals surface area contributed by atoms with E-state index in [4.69, 9.17) is 0 Å². The van der Waals surface area contributed by atoms with Crippen LogP contribution in [-0.2, 0) is 10.0 Å². The van der Waals surface area contributed by atoms with Crippen LogP contribution in [-0.4, -0.2) is 45.4 Å². The summed E-state index contributed by atoms with van der Waals surface area (Å²) in [7, 11) is -4.48. The van der Waals surface area contributed by atoms with Gasteiger partial charge in [0.25, 0.3) is 15.9 Å². The first-order valence-electron chi connectivity index (χ1n) is 8.96. The molecule has 0 saturated heterocycles. The number of halogens is 3. The zero-order valence-electron chi connectivity index (χ0n) is 16.0. The van der Waals surface area contributed by atoms with E-state index < -0.39 is 32.4 Å². The first-order valence-corrected chi connectivity index (χ1v) is 10.4. The lowest BCUT2D eigenvalue weighted by Crippen LogP contribution is -2.34. The van der Waals surface area contributed by atoms with Gasteiger partial charge in [-0.3, -0.25) is 9.52 Å². The fraction of sp³-hybridized carbons (Fsp3) is 0.316. The molecule has 1 amide bonds. The minimum Gasteiger partial charge on any atom is -0.351 e. The number of likely N-dealkylation sites (N-methyl/N-ethyl adjacent to an activating group) is 1. The average molecular weight is 429 g/mol. The van der Waals surface area contributed by atoms with Crippen molar-refractivity contribution in [2.24, 2.45) is 0 Å². The summed E-state index contributed by atoms with van der Waals surface area (Å²) in [6, 6.07) is 6.58. The number of amides is 1. The summed E-state index contributed by atoms with van der Waals surface area (Å²) in [6.45, 7) is 6.97. The van der Waals surface area contributed by atoms with Crippen LogP contribution in [0.4, 0.5) is 18.9 Å². The summed E-state index contributed by atoms with van der Waals surface area (Å²) in [4.78, 5) is 13.3. The summed E-state index contributed by atoms with van der Waals surface area (Å²) in [6.07, 6.45) is 0. The summed E-state index contributed by atoms with van der Waals surface area (Å²) in [5, 5.41) is 2.76. The van der Waals surface area contributed by atoms with E-state index in [0.717, 1.165) is 13.1 Å². The fourth-order valence-electron chi connectivity index (χ4n) is 2.58. The standard InChI is InChI=1S/C19H22F3N3O3S/c1-3-25(4-2)12-11-23-19(26)13-5-7-14(8-6-13)24-29(27,28)16-10-9-15(20)17(21)18(16)22/h5-10,24H,3-4,11-12H2,1-2H3,(H,23,26). The Morgan fingerprint density at radius 1 is 0.966 bits per heavy atom. The molecule has 0 spiro atoms. The molecule has 0 fully saturated rings. The summed E-state index contributed by atoms with van der Waals surface area (Å²) >= 11 is 0. The van der Waals surface area contributed by atoms with Crippen LogP contribution in [0.2, 0.25) is 0 Å². The van der Waals surface area contributed by atoms with Crippen molar-refractivity contribution < 1.29 is 26.4 Å². The molecular weight excluding hydrogens is 407 g/mol. The fourth-order valence-corrected chi connectivity index (χ4v) is 3.71. The number of sulfonamides is 1. The molecule has 0 aromatic heterocycles. The van der Waals surface area contributed by atoms with Crippen LogP contribution in [0, 0.1) is 17.5 Å². The van der Waals surface area contributed by atoms with E-state index in [9.17, 15) is 26.4 Å². The van der Waals surface area contributed by atoms with E-state index in [0.29, 0.717) is 30.8 Å². The van der Waals surface area contributed by atoms with E-state index in [1.165, 1.54) is 24.3 Å². The topological polar surface area (TPSA) is 78.5 Å². The lowest BCUT2D eigenvalue weighted by molar-refractivity contribution is 0.0949. The van der Waals surface area contributed by atoms with Crippen molar-refractivity contribution in [2.75, 3.05) is 30.9 Å². The third-order valence-electron chi connectivity index (χ3n) is 4.30. The first kappa shape index (κ1) is 22.7. The van der Waals surface area contributed by atoms with Crippen LogP contribution in [0.3, 0.4) is 0 Å². The molecule has 0 unspecified atom stereocenters. The summed E-state index contributed by atoms with van der Waals surface area (Å²) < 4.78 is 66.6. The lowest BCUT2D eigenvalue weighted by Gasteiger charge is -2.18. The first-order chi connectivity index (χ1) is 13.7. The van der Waals surface area contributed by atoms with Crippen molar-refractivity contribution in [3.63, 3.8) is 0 Å². The summed E-state index contributed by atoms with van der Waals surface area (Å²) in [5.74, 6) is -5.48. The molecule has 2 aromatic rings. The van der Waals surface area contributed by atoms with Gasteiger partial charge in [-0.1, -0.05) is 13.8 Å². The molecule has 0 aliphatic rings. The Kier molecular flexibility index (Phi) is 7.63. The Balaban J connectivity index is 2.05. The zero-order chi connectivity index (χ0) is 21.6. The number of hydrogen-bond acceptors (Lipinski definition) is 4. The van der Waals surface area contributed by atoms with Gasteiger partial charge in [-0.25, -0.2) is 21.6 Å². The normalized spacial score (nSPS) is 11.5. The number of nitrogens with zero attached hydrogens (tertiary/aromatic N) is 1. The highest BCUT2D eigenvalue weighted by molar-refractivity contribution is 7.92. The average Bonchev–Trinajstić information content (AvgIpc) is 2.69. The van der Waals surface area contributed by atoms with E-state index in [2.05, 4.69) is 14.9 Å². The molecule has 2 rings (SSSR count). The monoisotopic (exact) mass is 429 g/mol. The Bertz CT molecular complexity index is 963. The van der Waals surface area contributed by atoms with E-state index >= 15 is 0 Å². The molecule has 0 aliphatic heterocycles. The maximum absolute atomic E-state index is 13.8. The van der Waals surface area contributed by atoms with Gasteiger partial charge in [0.1, 0.15) is 4.90 Å². The van der Waals surface area contributed by atoms with E-state index in [1.807, 2.05) is 13.8 Å². The third kappa shape index (κ3) is 5.70. The van der Waals surface area contributed by atoms with Crippen molar-refractivity contribution >= 4 is 21.6 Å². The Labute approximate surface area is 167 Å². The minimum absolute atomic E-state index is 0.0359. The Morgan fingerprint density at radius 2 is 1.59 bits per heavy atom. The van der Waals surface area contributed by atoms with Gasteiger partial charge in [-0.15, -0.1) is 0 Å². The number of rotatable bonds is 9. The van der Waals surface area contributed by atoms with Gasteiger partial charge in [0.15, 0.2) is 17.5 Å². The number of anilines is 1. The van der Waals surface area contributed by atoms with Crippen molar-refractivity contribution in [1.82, 2.24) is 10.2 Å². The molecule has 2 aromatic carbocycles. The van der Waals surface area contributed by atoms with Gasteiger partial charge in [-0.05, 0) is 49.5 Å². The number of hydrogen-bond donors (Lipinski definition) is 2. The van der Waals surface area contributed by atoms with Crippen LogP contribution in [0.25, 0.3) is 0 Å². The molecule has 29 heavy (non-hydrogen) atoms. The Morgan fingerprint density at radius 3 is 2.17 bits per heavy atom. The highest BCUT2D eigenvalue weighted by Crippen LogP contribution is 2.22. The quantitative estimate of drug-likeness (QED) is 0.601. The van der Waals surface area contributed by atoms with Crippen LogP contribution in [0.1, 0.15) is 24.2 Å². The number of benzene rings is 2. The molecule has 0 aliphatic carbocycles. The molecule has 0 saturated carbocycles. The van der Waals surface area contributed by atoms with Gasteiger partial charge >= 0.3 is 0 Å². The molecule has 10 heteroatoms. The van der Waals surface area contributed by atoms with Gasteiger partial charge in [0.05, 0.1) is 0 Å². The molecule has 0 atom stereocenters. The van der Waals surface area contributed by atoms with Crippen LogP contribution >= 0.6 is 0 Å². The van der Waals surface area contributed by atoms with Crippen molar-refractivity contribution in [1.29, 1.82) is 0 Å². The van der Waals surface area contributed by atoms with Gasteiger partial charge < -0.3 is 10.2 Å². The molecule has 0 bridgehead atoms. The van der Waals surface area contributed by atoms with Gasteiger partial charge in [0.2, 0.25) is 0 Å². The smallest absolute Gasteiger partial charge is 0.264 e. The number of carbonyl (C=O) groups excluding carboxylic acids is 1. The second-order valence-corrected chi connectivity index (χ2v) is 7.79. The lowest BCUT2D eigenvalue weighted by atomic mass is 10.2. The molecule has 6 nitrogen and oxygen atoms in total. The predicted molar refractivity (Wildman–Crippen MR) is 104 cm³/mol. The van der Waals surface area contributed by atoms with E-state index in [1.54, 1.807) is 0 Å². The van der Waals surface area contributed by atoms with Crippen LogP contribution in [0.15, 0.2) is 41.3 Å². The van der Waals surface area contributed by atoms with Crippen molar-refractivity contribution in [3.8, 4) is 0 Å². The van der Waals surface area contributed by atoms with Gasteiger partial charge in [-0.2, -0.15) is 0 Å². The second-order valence-electron chi connectivity index (χ2n) is 6.14. The molecular formula is C19H22F3N3O3S. The summed E-state index contributed by atoms with van der Waals surface area (Å²) in [5.41, 5.74) is 0.348. The van der Waals surface area contributed by atoms with Crippen LogP contribution < -0.4 is 10.0 Å². The minimum atomic E-state index is -4.48. The highest BCUT2D eigenvalue weighted by atomic mass is 32.2. The maximum Gasteiger partial charge on any atom is 0.264 e. The van der Waals surface area contributed by atoms with E-state index in [-0.39, 0.29) is 11.6 Å². The molecule has 158 valence electrons. The van der Waals surface area contributed by atoms with Crippen molar-refractivity contribution in [2.45, 2.75) is 18.7 Å². The Hall–Kier alpha value is -2.59. The SMILES string of the molecule is CCN(CC)CCNC(=O)c1ccc(NS(=O)(=O)c2ccc(F)c(F)c2F)cc1. The highest BCUT2D eigenvalue weighted by Gasteiger charge is 2.24. The second kappa shape index (κ2) is 9.75. The molecule has 0 heterocycles. The maximum atomic E-state index is 13.8. The van der Waals surface area contributed by atoms with Crippen molar-refractivity contribution in [3.05, 3.63) is 59.4 Å². The zero-order valence-corrected chi connectivity index (χ0v) is 16.8. The molecule has 2 N–H and O–H groups in total. The third-order valence-corrected chi connectivity index (χ3v) is 5.70. The van der Waals surface area contributed by atoms with Gasteiger partial charge in [0, 0.05) is 24.3 Å². The molecule has 0 radical (unpaired) electrons. The van der Waals surface area contributed by atoms with Crippen LogP contribution in [0.5, 0.6) is 0 Å². The number of carbonyl (C=O) groups is 1. The predicted octanol–water partition coefficient (Wildman–Crippen LogP) is 2.98.